The Morgan fingerprint density at radius 3 is 2.45 bits per heavy atom. The van der Waals surface area contributed by atoms with Crippen LogP contribution in [0.2, 0.25) is 10.0 Å². The molecule has 0 radical (unpaired) electrons. The summed E-state index contributed by atoms with van der Waals surface area (Å²) in [5.41, 5.74) is 4.24. The number of ether oxygens (including phenoxy) is 1. The fraction of sp³-hybridized carbons (Fsp3) is 0.0526. The summed E-state index contributed by atoms with van der Waals surface area (Å²) in [5.74, 6) is 0.760. The van der Waals surface area contributed by atoms with Crippen molar-refractivity contribution in [2.75, 3.05) is 5.43 Å². The molecule has 0 spiro atoms. The van der Waals surface area contributed by atoms with Gasteiger partial charge in [-0.1, -0.05) is 35.3 Å². The minimum absolute atomic E-state index is 0.0982. The van der Waals surface area contributed by atoms with Crippen molar-refractivity contribution in [1.29, 1.82) is 0 Å². The number of nitro groups is 1. The van der Waals surface area contributed by atoms with Gasteiger partial charge >= 0.3 is 0 Å². The first kappa shape index (κ1) is 21.3. The van der Waals surface area contributed by atoms with Crippen LogP contribution in [0, 0.1) is 13.7 Å². The summed E-state index contributed by atoms with van der Waals surface area (Å²) in [4.78, 5) is 14.0. The van der Waals surface area contributed by atoms with E-state index in [2.05, 4.69) is 38.1 Å². The number of anilines is 1. The van der Waals surface area contributed by atoms with E-state index in [4.69, 9.17) is 27.9 Å². The van der Waals surface area contributed by atoms with E-state index < -0.39 is 4.92 Å². The van der Waals surface area contributed by atoms with Crippen LogP contribution in [0.3, 0.4) is 0 Å². The second-order valence-electron chi connectivity index (χ2n) is 5.76. The number of rotatable bonds is 7. The summed E-state index contributed by atoms with van der Waals surface area (Å²) >= 11 is 14.8. The van der Waals surface area contributed by atoms with E-state index in [1.807, 2.05) is 24.3 Å². The van der Waals surface area contributed by atoms with Gasteiger partial charge in [0.25, 0.3) is 5.69 Å². The van der Waals surface area contributed by atoms with Crippen LogP contribution in [-0.4, -0.2) is 16.1 Å². The quantitative estimate of drug-likeness (QED) is 0.173. The van der Waals surface area contributed by atoms with Crippen LogP contribution in [0.1, 0.15) is 11.1 Å². The van der Waals surface area contributed by atoms with Gasteiger partial charge in [-0.25, -0.2) is 4.98 Å². The van der Waals surface area contributed by atoms with Crippen LogP contribution >= 0.6 is 45.8 Å². The van der Waals surface area contributed by atoms with Crippen molar-refractivity contribution in [3.8, 4) is 5.75 Å². The molecule has 0 atom stereocenters. The van der Waals surface area contributed by atoms with Crippen molar-refractivity contribution in [1.82, 2.24) is 4.98 Å². The smallest absolute Gasteiger partial charge is 0.287 e. The van der Waals surface area contributed by atoms with Gasteiger partial charge in [-0.05, 0) is 64.0 Å². The molecule has 1 heterocycles. The topological polar surface area (TPSA) is 89.7 Å². The highest BCUT2D eigenvalue weighted by molar-refractivity contribution is 14.1. The summed E-state index contributed by atoms with van der Waals surface area (Å²) in [6, 6.07) is 14.1. The zero-order valence-electron chi connectivity index (χ0n) is 14.7. The predicted molar refractivity (Wildman–Crippen MR) is 122 cm³/mol. The number of hydrogen-bond donors (Lipinski definition) is 1. The van der Waals surface area contributed by atoms with Crippen molar-refractivity contribution >= 4 is 63.5 Å². The van der Waals surface area contributed by atoms with Gasteiger partial charge < -0.3 is 4.74 Å². The molecule has 0 amide bonds. The van der Waals surface area contributed by atoms with Gasteiger partial charge in [0.05, 0.1) is 21.2 Å². The molecular formula is C19H13Cl2IN4O3. The third-order valence-electron chi connectivity index (χ3n) is 3.67. The fourth-order valence-corrected chi connectivity index (χ4v) is 3.23. The van der Waals surface area contributed by atoms with Crippen LogP contribution in [-0.2, 0) is 6.61 Å². The number of nitrogens with one attached hydrogen (secondary N) is 1. The first-order valence-corrected chi connectivity index (χ1v) is 10.0. The molecule has 0 aliphatic heterocycles. The molecule has 0 fully saturated rings. The van der Waals surface area contributed by atoms with Gasteiger partial charge in [0.2, 0.25) is 0 Å². The lowest BCUT2D eigenvalue weighted by Crippen LogP contribution is -1.98. The highest BCUT2D eigenvalue weighted by Crippen LogP contribution is 2.34. The Bertz CT molecular complexity index is 1020. The maximum Gasteiger partial charge on any atom is 0.287 e. The standard InChI is InChI=1S/C19H13Cl2IN4O3/c20-16-7-13(9-24-25-18-6-5-15(10-23-18)26(27)28)8-17(21)19(16)29-11-12-1-3-14(22)4-2-12/h1-10H,11H2,(H,23,25)/b24-9+. The van der Waals surface area contributed by atoms with Gasteiger partial charge in [0, 0.05) is 9.64 Å². The summed E-state index contributed by atoms with van der Waals surface area (Å²) in [6.07, 6.45) is 2.65. The van der Waals surface area contributed by atoms with E-state index in [1.165, 1.54) is 18.3 Å². The second kappa shape index (κ2) is 9.86. The lowest BCUT2D eigenvalue weighted by Gasteiger charge is -2.11. The predicted octanol–water partition coefficient (Wildman–Crippen LogP) is 5.93. The highest BCUT2D eigenvalue weighted by atomic mass is 127. The Hall–Kier alpha value is -2.43. The van der Waals surface area contributed by atoms with Crippen LogP contribution in [0.15, 0.2) is 59.8 Å². The Morgan fingerprint density at radius 1 is 1.17 bits per heavy atom. The number of nitrogens with zero attached hydrogens (tertiary/aromatic N) is 3. The maximum atomic E-state index is 10.6. The van der Waals surface area contributed by atoms with Crippen LogP contribution in [0.4, 0.5) is 11.5 Å². The molecule has 1 aromatic heterocycles. The number of benzene rings is 2. The number of hydrazone groups is 1. The van der Waals surface area contributed by atoms with Crippen molar-refractivity contribution in [3.63, 3.8) is 0 Å². The third kappa shape index (κ3) is 6.02. The van der Waals surface area contributed by atoms with Gasteiger partial charge in [-0.3, -0.25) is 15.5 Å². The lowest BCUT2D eigenvalue weighted by molar-refractivity contribution is -0.385. The van der Waals surface area contributed by atoms with E-state index in [1.54, 1.807) is 12.1 Å². The molecule has 148 valence electrons. The SMILES string of the molecule is O=[N+]([O-])c1ccc(N/N=C/c2cc(Cl)c(OCc3ccc(I)cc3)c(Cl)c2)nc1. The van der Waals surface area contributed by atoms with E-state index in [0.717, 1.165) is 15.3 Å². The fourth-order valence-electron chi connectivity index (χ4n) is 2.26. The molecular weight excluding hydrogens is 530 g/mol. The van der Waals surface area contributed by atoms with Gasteiger partial charge in [-0.15, -0.1) is 0 Å². The van der Waals surface area contributed by atoms with Crippen molar-refractivity contribution in [3.05, 3.63) is 89.6 Å². The molecule has 0 aliphatic rings. The van der Waals surface area contributed by atoms with Crippen LogP contribution in [0.5, 0.6) is 5.75 Å². The second-order valence-corrected chi connectivity index (χ2v) is 7.82. The summed E-state index contributed by atoms with van der Waals surface area (Å²) < 4.78 is 6.90. The Morgan fingerprint density at radius 2 is 1.86 bits per heavy atom. The first-order valence-electron chi connectivity index (χ1n) is 8.18. The van der Waals surface area contributed by atoms with Crippen LogP contribution < -0.4 is 10.2 Å². The number of pyridine rings is 1. The average Bonchev–Trinajstić information content (AvgIpc) is 2.69. The van der Waals surface area contributed by atoms with E-state index in [-0.39, 0.29) is 5.69 Å². The molecule has 1 N–H and O–H groups in total. The van der Waals surface area contributed by atoms with E-state index in [9.17, 15) is 10.1 Å². The van der Waals surface area contributed by atoms with Crippen molar-refractivity contribution < 1.29 is 9.66 Å². The minimum Gasteiger partial charge on any atom is -0.486 e. The molecule has 3 aromatic rings. The molecule has 10 heteroatoms. The average molecular weight is 543 g/mol. The monoisotopic (exact) mass is 542 g/mol. The minimum atomic E-state index is -0.522. The van der Waals surface area contributed by atoms with Crippen molar-refractivity contribution in [2.24, 2.45) is 5.10 Å². The molecule has 2 aromatic carbocycles. The van der Waals surface area contributed by atoms with Gasteiger partial charge in [-0.2, -0.15) is 5.10 Å². The zero-order valence-corrected chi connectivity index (χ0v) is 18.4. The molecule has 29 heavy (non-hydrogen) atoms. The lowest BCUT2D eigenvalue weighted by atomic mass is 10.2. The molecule has 0 bridgehead atoms. The molecule has 7 nitrogen and oxygen atoms in total. The normalized spacial score (nSPS) is 10.9. The number of halogens is 3. The third-order valence-corrected chi connectivity index (χ3v) is 4.95. The summed E-state index contributed by atoms with van der Waals surface area (Å²) in [6.45, 7) is 0.344. The largest absolute Gasteiger partial charge is 0.486 e. The van der Waals surface area contributed by atoms with E-state index >= 15 is 0 Å². The molecule has 0 saturated carbocycles. The van der Waals surface area contributed by atoms with Gasteiger partial charge in [0.15, 0.2) is 5.75 Å². The Balaban J connectivity index is 1.64. The van der Waals surface area contributed by atoms with Gasteiger partial charge in [0.1, 0.15) is 18.6 Å². The zero-order chi connectivity index (χ0) is 20.8. The van der Waals surface area contributed by atoms with Crippen molar-refractivity contribution in [2.45, 2.75) is 6.61 Å². The summed E-state index contributed by atoms with van der Waals surface area (Å²) in [5, 5.41) is 15.4. The Kier molecular flexibility index (Phi) is 7.24. The van der Waals surface area contributed by atoms with Crippen LogP contribution in [0.25, 0.3) is 0 Å². The van der Waals surface area contributed by atoms with E-state index in [0.29, 0.717) is 33.8 Å². The molecule has 0 saturated heterocycles. The number of hydrogen-bond acceptors (Lipinski definition) is 6. The Labute approximate surface area is 190 Å². The molecule has 3 rings (SSSR count). The summed E-state index contributed by atoms with van der Waals surface area (Å²) in [7, 11) is 0. The first-order chi connectivity index (χ1) is 13.9. The number of aromatic nitrogens is 1. The highest BCUT2D eigenvalue weighted by Gasteiger charge is 2.10. The molecule has 0 aliphatic carbocycles. The maximum absolute atomic E-state index is 10.6. The molecule has 0 unspecified atom stereocenters.